The molecule has 192 valence electrons. The van der Waals surface area contributed by atoms with Crippen LogP contribution < -0.4 is 0 Å². The number of fused-ring (bicyclic) bond motifs is 1. The number of hydrogen-bond acceptors (Lipinski definition) is 3. The zero-order chi connectivity index (χ0) is 25.6. The van der Waals surface area contributed by atoms with Crippen LogP contribution in [0.2, 0.25) is 0 Å². The first-order valence-electron chi connectivity index (χ1n) is 13.0. The van der Waals surface area contributed by atoms with Crippen LogP contribution in [-0.2, 0) is 15.7 Å². The normalized spacial score (nSPS) is 23.7. The van der Waals surface area contributed by atoms with Gasteiger partial charge in [-0.3, -0.25) is 0 Å². The number of esters is 1. The van der Waals surface area contributed by atoms with Crippen LogP contribution in [0.1, 0.15) is 64.5 Å². The Hall–Kier alpha value is -2.83. The van der Waals surface area contributed by atoms with Crippen LogP contribution in [0, 0.1) is 23.7 Å². The monoisotopic (exact) mass is 498 g/mol. The summed E-state index contributed by atoms with van der Waals surface area (Å²) in [4.78, 5) is 18.6. The number of hydrogen-bond donors (Lipinski definition) is 0. The lowest BCUT2D eigenvalue weighted by Gasteiger charge is -2.37. The first-order valence-corrected chi connectivity index (χ1v) is 13.0. The van der Waals surface area contributed by atoms with E-state index < -0.39 is 17.8 Å². The smallest absolute Gasteiger partial charge is 0.416 e. The van der Waals surface area contributed by atoms with E-state index in [-0.39, 0.29) is 18.0 Å². The van der Waals surface area contributed by atoms with Crippen LogP contribution in [0.4, 0.5) is 13.2 Å². The Morgan fingerprint density at radius 3 is 2.36 bits per heavy atom. The largest absolute Gasteiger partial charge is 0.461 e. The zero-order valence-electron chi connectivity index (χ0n) is 21.0. The Kier molecular flexibility index (Phi) is 6.60. The Balaban J connectivity index is 1.54. The van der Waals surface area contributed by atoms with Crippen LogP contribution >= 0.6 is 0 Å². The van der Waals surface area contributed by atoms with Crippen molar-refractivity contribution in [3.8, 4) is 11.4 Å². The predicted molar refractivity (Wildman–Crippen MR) is 133 cm³/mol. The molecule has 2 saturated carbocycles. The van der Waals surface area contributed by atoms with Gasteiger partial charge in [-0.15, -0.1) is 0 Å². The maximum Gasteiger partial charge on any atom is 0.416 e. The molecule has 7 heteroatoms. The summed E-state index contributed by atoms with van der Waals surface area (Å²) in [5.41, 5.74) is 1.33. The molecule has 3 unspecified atom stereocenters. The van der Waals surface area contributed by atoms with Gasteiger partial charge in [-0.1, -0.05) is 51.5 Å². The number of halogens is 3. The average molecular weight is 499 g/mol. The summed E-state index contributed by atoms with van der Waals surface area (Å²) in [6, 6.07) is 12.0. The minimum absolute atomic E-state index is 0.119. The molecule has 2 fully saturated rings. The van der Waals surface area contributed by atoms with Crippen LogP contribution in [0.25, 0.3) is 22.4 Å². The van der Waals surface area contributed by atoms with E-state index in [9.17, 15) is 18.0 Å². The number of carbonyl (C=O) groups is 1. The van der Waals surface area contributed by atoms with Crippen molar-refractivity contribution < 1.29 is 22.7 Å². The van der Waals surface area contributed by atoms with E-state index in [1.807, 2.05) is 28.8 Å². The molecule has 4 nitrogen and oxygen atoms in total. The molecule has 1 aromatic heterocycles. The van der Waals surface area contributed by atoms with Crippen LogP contribution in [0.5, 0.6) is 0 Å². The highest BCUT2D eigenvalue weighted by atomic mass is 19.4. The molecule has 0 amide bonds. The molecule has 36 heavy (non-hydrogen) atoms. The molecule has 5 rings (SSSR count). The number of carbonyl (C=O) groups excluding carboxylic acids is 1. The van der Waals surface area contributed by atoms with Crippen LogP contribution in [0.3, 0.4) is 0 Å². The summed E-state index contributed by atoms with van der Waals surface area (Å²) in [5.74, 6) is 1.64. The molecule has 0 spiro atoms. The molecule has 0 bridgehead atoms. The van der Waals surface area contributed by atoms with Crippen molar-refractivity contribution in [2.45, 2.75) is 71.2 Å². The maximum atomic E-state index is 13.9. The van der Waals surface area contributed by atoms with Gasteiger partial charge in [0.05, 0.1) is 16.6 Å². The van der Waals surface area contributed by atoms with E-state index in [1.165, 1.54) is 12.1 Å². The van der Waals surface area contributed by atoms with Gasteiger partial charge in [0, 0.05) is 5.56 Å². The summed E-state index contributed by atoms with van der Waals surface area (Å²) in [7, 11) is 0. The van der Waals surface area contributed by atoms with Gasteiger partial charge in [0.15, 0.2) is 0 Å². The van der Waals surface area contributed by atoms with E-state index in [0.29, 0.717) is 34.7 Å². The minimum Gasteiger partial charge on any atom is -0.461 e. The molecule has 4 atom stereocenters. The topological polar surface area (TPSA) is 44.1 Å². The van der Waals surface area contributed by atoms with Crippen LogP contribution in [0.15, 0.2) is 48.5 Å². The summed E-state index contributed by atoms with van der Waals surface area (Å²) < 4.78 is 47.7. The van der Waals surface area contributed by atoms with E-state index in [1.54, 1.807) is 0 Å². The first kappa shape index (κ1) is 24.8. The van der Waals surface area contributed by atoms with Crippen molar-refractivity contribution in [1.29, 1.82) is 0 Å². The van der Waals surface area contributed by atoms with E-state index in [4.69, 9.17) is 9.72 Å². The highest BCUT2D eigenvalue weighted by Gasteiger charge is 2.43. The van der Waals surface area contributed by atoms with E-state index >= 15 is 0 Å². The zero-order valence-corrected chi connectivity index (χ0v) is 21.0. The van der Waals surface area contributed by atoms with Gasteiger partial charge < -0.3 is 9.30 Å². The molecule has 3 aromatic rings. The number of ether oxygens (including phenoxy) is 1. The van der Waals surface area contributed by atoms with Gasteiger partial charge in [0.2, 0.25) is 0 Å². The minimum atomic E-state index is -4.41. The van der Waals surface area contributed by atoms with Crippen molar-refractivity contribution in [2.75, 3.05) is 0 Å². The second-order valence-corrected chi connectivity index (χ2v) is 11.0. The van der Waals surface area contributed by atoms with Gasteiger partial charge in [-0.25, -0.2) is 9.78 Å². The SMILES string of the molecule is CC1CCC(C(C)C)[C@H](OC(=O)C(C2CC2)n2c(-c3ccc(C(F)(F)F)cc3)nc3ccccc32)C1. The molecule has 0 saturated heterocycles. The molecular formula is C29H33F3N2O2. The highest BCUT2D eigenvalue weighted by molar-refractivity contribution is 5.85. The predicted octanol–water partition coefficient (Wildman–Crippen LogP) is 7.68. The first-order chi connectivity index (χ1) is 17.1. The van der Waals surface area contributed by atoms with Crippen molar-refractivity contribution >= 4 is 17.0 Å². The van der Waals surface area contributed by atoms with Gasteiger partial charge in [-0.2, -0.15) is 13.2 Å². The van der Waals surface area contributed by atoms with Crippen LogP contribution in [-0.4, -0.2) is 21.6 Å². The molecule has 2 aromatic carbocycles. The highest BCUT2D eigenvalue weighted by Crippen LogP contribution is 2.45. The van der Waals surface area contributed by atoms with Gasteiger partial charge in [0.25, 0.3) is 0 Å². The molecular weight excluding hydrogens is 465 g/mol. The number of benzene rings is 2. The van der Waals surface area contributed by atoms with Crippen molar-refractivity contribution in [1.82, 2.24) is 9.55 Å². The number of para-hydroxylation sites is 2. The number of alkyl halides is 3. The van der Waals surface area contributed by atoms with Crippen molar-refractivity contribution in [3.05, 3.63) is 54.1 Å². The second-order valence-electron chi connectivity index (χ2n) is 11.0. The third kappa shape index (κ3) is 4.89. The fraction of sp³-hybridized carbons (Fsp3) is 0.517. The summed E-state index contributed by atoms with van der Waals surface area (Å²) in [5, 5.41) is 0. The Morgan fingerprint density at radius 2 is 1.72 bits per heavy atom. The maximum absolute atomic E-state index is 13.9. The van der Waals surface area contributed by atoms with E-state index in [0.717, 1.165) is 49.8 Å². The standard InChI is InChI=1S/C29H33F3N2O2/c1-17(2)22-15-8-18(3)16-25(22)36-28(35)26(19-9-10-19)34-24-7-5-4-6-23(24)33-27(34)20-11-13-21(14-12-20)29(30,31)32/h4-7,11-14,17-19,22,25-26H,8-10,15-16H2,1-3H3/t18?,22?,25-,26?/m1/s1. The molecule has 2 aliphatic rings. The lowest BCUT2D eigenvalue weighted by atomic mass is 9.75. The molecule has 0 aliphatic heterocycles. The Morgan fingerprint density at radius 1 is 1.03 bits per heavy atom. The number of rotatable bonds is 6. The fourth-order valence-corrected chi connectivity index (χ4v) is 5.73. The average Bonchev–Trinajstić information content (AvgIpc) is 3.59. The molecule has 2 aliphatic carbocycles. The van der Waals surface area contributed by atoms with Crippen molar-refractivity contribution in [3.63, 3.8) is 0 Å². The van der Waals surface area contributed by atoms with E-state index in [2.05, 4.69) is 20.8 Å². The third-order valence-electron chi connectivity index (χ3n) is 7.88. The summed E-state index contributed by atoms with van der Waals surface area (Å²) in [6.45, 7) is 6.58. The number of nitrogens with zero attached hydrogens (tertiary/aromatic N) is 2. The van der Waals surface area contributed by atoms with Gasteiger partial charge in [0.1, 0.15) is 18.0 Å². The number of imidazole rings is 1. The quantitative estimate of drug-likeness (QED) is 0.328. The second kappa shape index (κ2) is 9.56. The summed E-state index contributed by atoms with van der Waals surface area (Å²) in [6.07, 6.45) is 0.349. The summed E-state index contributed by atoms with van der Waals surface area (Å²) >= 11 is 0. The molecule has 0 N–H and O–H groups in total. The lowest BCUT2D eigenvalue weighted by molar-refractivity contribution is -0.160. The Bertz CT molecular complexity index is 1230. The molecule has 0 radical (unpaired) electrons. The lowest BCUT2D eigenvalue weighted by Crippen LogP contribution is -2.38. The van der Waals surface area contributed by atoms with Gasteiger partial charge in [-0.05, 0) is 73.6 Å². The third-order valence-corrected chi connectivity index (χ3v) is 7.88. The molecule has 1 heterocycles. The Labute approximate surface area is 209 Å². The number of aromatic nitrogens is 2. The van der Waals surface area contributed by atoms with Crippen molar-refractivity contribution in [2.24, 2.45) is 23.7 Å². The van der Waals surface area contributed by atoms with Gasteiger partial charge >= 0.3 is 12.1 Å². The fourth-order valence-electron chi connectivity index (χ4n) is 5.73.